The number of hydrogen-bond acceptors (Lipinski definition) is 2. The molecule has 0 unspecified atom stereocenters. The van der Waals surface area contributed by atoms with Crippen molar-refractivity contribution in [2.24, 2.45) is 0 Å². The first-order valence-corrected chi connectivity index (χ1v) is 5.82. The molecular formula is C13H8ClF2N3. The number of nitrogens with two attached hydrogens (primary N) is 1. The molecule has 0 bridgehead atoms. The number of halogens is 3. The Hall–Kier alpha value is -2.14. The van der Waals surface area contributed by atoms with Crippen LogP contribution in [0.1, 0.15) is 0 Å². The topological polar surface area (TPSA) is 43.3 Å². The summed E-state index contributed by atoms with van der Waals surface area (Å²) in [6.45, 7) is 0. The average Bonchev–Trinajstić information content (AvgIpc) is 2.69. The van der Waals surface area contributed by atoms with Crippen LogP contribution in [0.3, 0.4) is 0 Å². The van der Waals surface area contributed by atoms with Crippen LogP contribution in [0.5, 0.6) is 0 Å². The fourth-order valence-corrected chi connectivity index (χ4v) is 2.07. The number of imidazole rings is 1. The number of nitrogens with zero attached hydrogens (tertiary/aromatic N) is 2. The van der Waals surface area contributed by atoms with Crippen molar-refractivity contribution in [2.45, 2.75) is 0 Å². The lowest BCUT2D eigenvalue weighted by atomic mass is 10.1. The second-order valence-electron chi connectivity index (χ2n) is 4.04. The minimum Gasteiger partial charge on any atom is -0.383 e. The molecule has 0 atom stereocenters. The van der Waals surface area contributed by atoms with Crippen LogP contribution in [0, 0.1) is 11.6 Å². The van der Waals surface area contributed by atoms with E-state index in [1.807, 2.05) is 0 Å². The van der Waals surface area contributed by atoms with E-state index in [2.05, 4.69) is 4.98 Å². The molecule has 96 valence electrons. The predicted molar refractivity (Wildman–Crippen MR) is 70.0 cm³/mol. The number of benzene rings is 1. The lowest BCUT2D eigenvalue weighted by molar-refractivity contribution is 0.603. The molecule has 0 aliphatic carbocycles. The standard InChI is InChI=1S/C13H8ClF2N3/c14-7-3-4-19-11(5-7)18-12(13(19)17)9-6-8(15)1-2-10(9)16/h1-6H,17H2. The van der Waals surface area contributed by atoms with E-state index in [0.29, 0.717) is 10.7 Å². The van der Waals surface area contributed by atoms with Crippen LogP contribution in [-0.4, -0.2) is 9.38 Å². The highest BCUT2D eigenvalue weighted by molar-refractivity contribution is 6.30. The average molecular weight is 280 g/mol. The number of rotatable bonds is 1. The highest BCUT2D eigenvalue weighted by Crippen LogP contribution is 2.29. The first kappa shape index (κ1) is 11.9. The minimum atomic E-state index is -0.581. The zero-order valence-corrected chi connectivity index (χ0v) is 10.3. The molecule has 0 spiro atoms. The smallest absolute Gasteiger partial charge is 0.140 e. The van der Waals surface area contributed by atoms with Gasteiger partial charge in [0.25, 0.3) is 0 Å². The summed E-state index contributed by atoms with van der Waals surface area (Å²) < 4.78 is 28.5. The zero-order valence-electron chi connectivity index (χ0n) is 9.57. The van der Waals surface area contributed by atoms with E-state index in [0.717, 1.165) is 18.2 Å². The number of fused-ring (bicyclic) bond motifs is 1. The third kappa shape index (κ3) is 1.92. The summed E-state index contributed by atoms with van der Waals surface area (Å²) in [5.41, 5.74) is 6.60. The lowest BCUT2D eigenvalue weighted by Crippen LogP contribution is -1.95. The van der Waals surface area contributed by atoms with Gasteiger partial charge in [-0.25, -0.2) is 13.8 Å². The molecule has 3 aromatic rings. The van der Waals surface area contributed by atoms with Crippen molar-refractivity contribution in [1.29, 1.82) is 0 Å². The molecule has 6 heteroatoms. The van der Waals surface area contributed by atoms with Crippen LogP contribution in [0.2, 0.25) is 5.02 Å². The number of aromatic nitrogens is 2. The first-order valence-electron chi connectivity index (χ1n) is 5.45. The molecule has 0 amide bonds. The van der Waals surface area contributed by atoms with Crippen LogP contribution in [0.4, 0.5) is 14.6 Å². The van der Waals surface area contributed by atoms with Gasteiger partial charge in [0.15, 0.2) is 0 Å². The Balaban J connectivity index is 2.30. The van der Waals surface area contributed by atoms with E-state index in [-0.39, 0.29) is 17.1 Å². The molecule has 2 heterocycles. The summed E-state index contributed by atoms with van der Waals surface area (Å²) in [5.74, 6) is -0.898. The fraction of sp³-hybridized carbons (Fsp3) is 0. The second kappa shape index (κ2) is 4.20. The van der Waals surface area contributed by atoms with Crippen LogP contribution < -0.4 is 5.73 Å². The van der Waals surface area contributed by atoms with E-state index in [4.69, 9.17) is 17.3 Å². The maximum absolute atomic E-state index is 13.7. The van der Waals surface area contributed by atoms with E-state index < -0.39 is 11.6 Å². The van der Waals surface area contributed by atoms with Crippen LogP contribution in [-0.2, 0) is 0 Å². The molecule has 0 aliphatic rings. The number of hydrogen-bond donors (Lipinski definition) is 1. The van der Waals surface area contributed by atoms with Crippen LogP contribution in [0.15, 0.2) is 36.5 Å². The Kier molecular flexibility index (Phi) is 2.64. The molecule has 0 fully saturated rings. The van der Waals surface area contributed by atoms with Gasteiger partial charge >= 0.3 is 0 Å². The third-order valence-electron chi connectivity index (χ3n) is 2.81. The molecule has 2 aromatic heterocycles. The molecular weight excluding hydrogens is 272 g/mol. The Morgan fingerprint density at radius 1 is 1.16 bits per heavy atom. The van der Waals surface area contributed by atoms with Crippen molar-refractivity contribution in [3.63, 3.8) is 0 Å². The largest absolute Gasteiger partial charge is 0.383 e. The minimum absolute atomic E-state index is 0.0253. The van der Waals surface area contributed by atoms with E-state index in [9.17, 15) is 8.78 Å². The van der Waals surface area contributed by atoms with Gasteiger partial charge in [-0.1, -0.05) is 11.6 Å². The molecule has 2 N–H and O–H groups in total. The Bertz CT molecular complexity index is 783. The Labute approximate surface area is 112 Å². The summed E-state index contributed by atoms with van der Waals surface area (Å²) in [6, 6.07) is 6.38. The normalized spacial score (nSPS) is 11.1. The van der Waals surface area contributed by atoms with Crippen molar-refractivity contribution in [2.75, 3.05) is 5.73 Å². The molecule has 3 nitrogen and oxygen atoms in total. The van der Waals surface area contributed by atoms with Gasteiger partial charge in [-0.2, -0.15) is 0 Å². The summed E-state index contributed by atoms with van der Waals surface area (Å²) in [6.07, 6.45) is 1.63. The van der Waals surface area contributed by atoms with Crippen LogP contribution in [0.25, 0.3) is 16.9 Å². The molecule has 3 rings (SSSR count). The van der Waals surface area contributed by atoms with E-state index in [1.54, 1.807) is 22.7 Å². The fourth-order valence-electron chi connectivity index (χ4n) is 1.92. The Morgan fingerprint density at radius 3 is 2.74 bits per heavy atom. The highest BCUT2D eigenvalue weighted by Gasteiger charge is 2.15. The van der Waals surface area contributed by atoms with Crippen molar-refractivity contribution >= 4 is 23.1 Å². The van der Waals surface area contributed by atoms with Crippen molar-refractivity contribution in [3.05, 3.63) is 53.2 Å². The molecule has 0 radical (unpaired) electrons. The number of anilines is 1. The molecule has 0 saturated heterocycles. The quantitative estimate of drug-likeness (QED) is 0.741. The van der Waals surface area contributed by atoms with Gasteiger partial charge in [0.2, 0.25) is 0 Å². The first-order chi connectivity index (χ1) is 9.06. The van der Waals surface area contributed by atoms with Gasteiger partial charge in [-0.05, 0) is 24.3 Å². The maximum atomic E-state index is 13.7. The molecule has 0 saturated carbocycles. The molecule has 19 heavy (non-hydrogen) atoms. The SMILES string of the molecule is Nc1c(-c2cc(F)ccc2F)nc2cc(Cl)ccn12. The molecule has 0 aliphatic heterocycles. The van der Waals surface area contributed by atoms with Crippen LogP contribution >= 0.6 is 11.6 Å². The zero-order chi connectivity index (χ0) is 13.6. The maximum Gasteiger partial charge on any atom is 0.140 e. The van der Waals surface area contributed by atoms with Crippen molar-refractivity contribution in [1.82, 2.24) is 9.38 Å². The molecule has 1 aromatic carbocycles. The van der Waals surface area contributed by atoms with Gasteiger partial charge in [-0.3, -0.25) is 4.40 Å². The summed E-state index contributed by atoms with van der Waals surface area (Å²) in [7, 11) is 0. The Morgan fingerprint density at radius 2 is 1.95 bits per heavy atom. The van der Waals surface area contributed by atoms with Gasteiger partial charge in [0, 0.05) is 22.8 Å². The summed E-state index contributed by atoms with van der Waals surface area (Å²) in [5, 5.41) is 0.490. The predicted octanol–water partition coefficient (Wildman–Crippen LogP) is 3.52. The van der Waals surface area contributed by atoms with Crippen molar-refractivity contribution < 1.29 is 8.78 Å². The highest BCUT2D eigenvalue weighted by atomic mass is 35.5. The lowest BCUT2D eigenvalue weighted by Gasteiger charge is -2.01. The van der Waals surface area contributed by atoms with Gasteiger partial charge in [0.1, 0.15) is 28.8 Å². The summed E-state index contributed by atoms with van der Waals surface area (Å²) in [4.78, 5) is 4.19. The van der Waals surface area contributed by atoms with Crippen molar-refractivity contribution in [3.8, 4) is 11.3 Å². The van der Waals surface area contributed by atoms with Gasteiger partial charge in [-0.15, -0.1) is 0 Å². The summed E-state index contributed by atoms with van der Waals surface area (Å²) >= 11 is 5.85. The van der Waals surface area contributed by atoms with E-state index >= 15 is 0 Å². The van der Waals surface area contributed by atoms with Gasteiger partial charge < -0.3 is 5.73 Å². The number of pyridine rings is 1. The van der Waals surface area contributed by atoms with E-state index in [1.165, 1.54) is 0 Å². The van der Waals surface area contributed by atoms with Gasteiger partial charge in [0.05, 0.1) is 0 Å². The third-order valence-corrected chi connectivity index (χ3v) is 3.04. The number of nitrogen functional groups attached to an aromatic ring is 1. The second-order valence-corrected chi connectivity index (χ2v) is 4.48. The monoisotopic (exact) mass is 279 g/mol.